The SMILES string of the molecule is O=S(=O)([O-])CCCCOCC1COc2cscc2O1.[Na+]. The Labute approximate surface area is 144 Å². The van der Waals surface area contributed by atoms with Crippen molar-refractivity contribution in [3.05, 3.63) is 10.8 Å². The molecule has 1 aliphatic rings. The summed E-state index contributed by atoms with van der Waals surface area (Å²) in [6.07, 6.45) is 0.715. The summed E-state index contributed by atoms with van der Waals surface area (Å²) in [5.41, 5.74) is 0. The van der Waals surface area contributed by atoms with Crippen LogP contribution in [0.2, 0.25) is 0 Å². The van der Waals surface area contributed by atoms with E-state index >= 15 is 0 Å². The van der Waals surface area contributed by atoms with E-state index < -0.39 is 10.1 Å². The van der Waals surface area contributed by atoms with Gasteiger partial charge in [0.1, 0.15) is 6.61 Å². The third kappa shape index (κ3) is 6.30. The number of ether oxygens (including phenoxy) is 3. The van der Waals surface area contributed by atoms with Crippen LogP contribution in [0.15, 0.2) is 10.8 Å². The molecular weight excluding hydrogens is 315 g/mol. The zero-order valence-electron chi connectivity index (χ0n) is 11.2. The summed E-state index contributed by atoms with van der Waals surface area (Å²) in [4.78, 5) is 0. The van der Waals surface area contributed by atoms with Crippen LogP contribution in [-0.4, -0.2) is 44.6 Å². The first-order valence-corrected chi connectivity index (χ1v) is 8.43. The van der Waals surface area contributed by atoms with E-state index in [4.69, 9.17) is 14.2 Å². The molecule has 0 aromatic carbocycles. The summed E-state index contributed by atoms with van der Waals surface area (Å²) >= 11 is 1.52. The normalized spacial score (nSPS) is 17.6. The molecule has 2 heterocycles. The molecule has 0 aliphatic carbocycles. The largest absolute Gasteiger partial charge is 1.00 e. The minimum atomic E-state index is -4.11. The molecule has 0 spiro atoms. The van der Waals surface area contributed by atoms with Crippen molar-refractivity contribution in [2.75, 3.05) is 25.6 Å². The molecule has 1 aliphatic heterocycles. The first-order chi connectivity index (χ1) is 9.04. The molecule has 0 N–H and O–H groups in total. The number of thiophene rings is 1. The maximum atomic E-state index is 10.4. The Morgan fingerprint density at radius 1 is 1.35 bits per heavy atom. The topological polar surface area (TPSA) is 84.9 Å². The second-order valence-electron chi connectivity index (χ2n) is 4.19. The average molecular weight is 330 g/mol. The van der Waals surface area contributed by atoms with Gasteiger partial charge >= 0.3 is 29.6 Å². The molecule has 20 heavy (non-hydrogen) atoms. The van der Waals surface area contributed by atoms with Gasteiger partial charge in [-0.2, -0.15) is 0 Å². The molecular formula is C11H15NaO6S2. The molecule has 0 amide bonds. The number of unbranched alkanes of at least 4 members (excludes halogenated alkanes) is 1. The van der Waals surface area contributed by atoms with Gasteiger partial charge in [-0.1, -0.05) is 0 Å². The van der Waals surface area contributed by atoms with Crippen molar-refractivity contribution < 1.29 is 56.7 Å². The average Bonchev–Trinajstić information content (AvgIpc) is 2.79. The van der Waals surface area contributed by atoms with Crippen LogP contribution < -0.4 is 39.0 Å². The van der Waals surface area contributed by atoms with Crippen molar-refractivity contribution in [1.82, 2.24) is 0 Å². The molecule has 108 valence electrons. The summed E-state index contributed by atoms with van der Waals surface area (Å²) in [7, 11) is -4.11. The molecule has 0 radical (unpaired) electrons. The zero-order chi connectivity index (χ0) is 13.7. The van der Waals surface area contributed by atoms with E-state index in [9.17, 15) is 13.0 Å². The van der Waals surface area contributed by atoms with Crippen LogP contribution in [0.1, 0.15) is 12.8 Å². The van der Waals surface area contributed by atoms with E-state index in [2.05, 4.69) is 0 Å². The smallest absolute Gasteiger partial charge is 0.748 e. The predicted molar refractivity (Wildman–Crippen MR) is 68.8 cm³/mol. The fraction of sp³-hybridized carbons (Fsp3) is 0.636. The van der Waals surface area contributed by atoms with Crippen LogP contribution in [0.25, 0.3) is 0 Å². The van der Waals surface area contributed by atoms with Gasteiger partial charge < -0.3 is 18.8 Å². The molecule has 0 bridgehead atoms. The standard InChI is InChI=1S/C11H16O6S2.Na/c12-19(13,14)4-2-1-3-15-5-9-6-16-10-7-18-8-11(10)17-9;/h7-9H,1-6H2,(H,12,13,14);/q;+1/p-1. The van der Waals surface area contributed by atoms with Crippen LogP contribution in [0, 0.1) is 0 Å². The number of fused-ring (bicyclic) bond motifs is 1. The van der Waals surface area contributed by atoms with Crippen molar-refractivity contribution in [3.63, 3.8) is 0 Å². The minimum Gasteiger partial charge on any atom is -0.748 e. The van der Waals surface area contributed by atoms with Crippen molar-refractivity contribution in [2.45, 2.75) is 18.9 Å². The van der Waals surface area contributed by atoms with Gasteiger partial charge in [0.15, 0.2) is 17.6 Å². The van der Waals surface area contributed by atoms with Gasteiger partial charge in [-0.05, 0) is 12.8 Å². The van der Waals surface area contributed by atoms with Gasteiger partial charge in [-0.3, -0.25) is 0 Å². The van der Waals surface area contributed by atoms with Crippen molar-refractivity contribution in [2.24, 2.45) is 0 Å². The van der Waals surface area contributed by atoms with Gasteiger partial charge in [0, 0.05) is 23.1 Å². The monoisotopic (exact) mass is 330 g/mol. The van der Waals surface area contributed by atoms with Crippen LogP contribution in [0.4, 0.5) is 0 Å². The molecule has 9 heteroatoms. The zero-order valence-corrected chi connectivity index (χ0v) is 14.9. The van der Waals surface area contributed by atoms with Gasteiger partial charge in [0.05, 0.1) is 16.7 Å². The van der Waals surface area contributed by atoms with Crippen LogP contribution >= 0.6 is 11.3 Å². The van der Waals surface area contributed by atoms with E-state index in [1.54, 1.807) is 0 Å². The third-order valence-electron chi connectivity index (χ3n) is 2.55. The molecule has 1 unspecified atom stereocenters. The van der Waals surface area contributed by atoms with Crippen LogP contribution in [0.5, 0.6) is 11.5 Å². The van der Waals surface area contributed by atoms with E-state index in [1.165, 1.54) is 11.3 Å². The first kappa shape index (κ1) is 18.2. The summed E-state index contributed by atoms with van der Waals surface area (Å²) in [6, 6.07) is 0. The maximum Gasteiger partial charge on any atom is 1.00 e. The Hall–Kier alpha value is 0.170. The van der Waals surface area contributed by atoms with Crippen molar-refractivity contribution >= 4 is 21.5 Å². The molecule has 6 nitrogen and oxygen atoms in total. The fourth-order valence-corrected chi connectivity index (χ4v) is 2.87. The van der Waals surface area contributed by atoms with Gasteiger partial charge in [0.25, 0.3) is 0 Å². The first-order valence-electron chi connectivity index (χ1n) is 5.91. The quantitative estimate of drug-likeness (QED) is 0.334. The van der Waals surface area contributed by atoms with Gasteiger partial charge in [-0.25, -0.2) is 8.42 Å². The molecule has 0 fully saturated rings. The van der Waals surface area contributed by atoms with Gasteiger partial charge in [-0.15, -0.1) is 11.3 Å². The summed E-state index contributed by atoms with van der Waals surface area (Å²) < 4.78 is 47.6. The van der Waals surface area contributed by atoms with Gasteiger partial charge in [0.2, 0.25) is 0 Å². The van der Waals surface area contributed by atoms with Crippen LogP contribution in [0.3, 0.4) is 0 Å². The van der Waals surface area contributed by atoms with E-state index in [1.807, 2.05) is 10.8 Å². The van der Waals surface area contributed by atoms with E-state index in [0.29, 0.717) is 32.7 Å². The molecule has 1 aromatic heterocycles. The van der Waals surface area contributed by atoms with E-state index in [0.717, 1.165) is 11.5 Å². The predicted octanol–water partition coefficient (Wildman–Crippen LogP) is -1.77. The maximum absolute atomic E-state index is 10.4. The molecule has 2 rings (SSSR count). The second kappa shape index (κ2) is 8.57. The third-order valence-corrected chi connectivity index (χ3v) is 4.04. The Morgan fingerprint density at radius 2 is 2.10 bits per heavy atom. The van der Waals surface area contributed by atoms with Crippen molar-refractivity contribution in [1.29, 1.82) is 0 Å². The summed E-state index contributed by atoms with van der Waals surface area (Å²) in [5.74, 6) is 1.17. The number of hydrogen-bond acceptors (Lipinski definition) is 7. The van der Waals surface area contributed by atoms with Crippen LogP contribution in [-0.2, 0) is 14.9 Å². The Bertz CT molecular complexity index is 501. The fourth-order valence-electron chi connectivity index (χ4n) is 1.64. The summed E-state index contributed by atoms with van der Waals surface area (Å²) in [6.45, 7) is 1.24. The minimum absolute atomic E-state index is 0. The second-order valence-corrected chi connectivity index (χ2v) is 6.46. The summed E-state index contributed by atoms with van der Waals surface area (Å²) in [5, 5.41) is 3.76. The molecule has 1 atom stereocenters. The Balaban J connectivity index is 0.00000200. The molecule has 1 aromatic rings. The van der Waals surface area contributed by atoms with E-state index in [-0.39, 0.29) is 41.4 Å². The number of rotatable bonds is 7. The Kier molecular flexibility index (Phi) is 7.81. The Morgan fingerprint density at radius 3 is 2.85 bits per heavy atom. The van der Waals surface area contributed by atoms with Crippen molar-refractivity contribution in [3.8, 4) is 11.5 Å². The molecule has 0 saturated heterocycles. The molecule has 0 saturated carbocycles. The number of hydrogen-bond donors (Lipinski definition) is 0.